The molecule has 25 heavy (non-hydrogen) atoms. The lowest BCUT2D eigenvalue weighted by molar-refractivity contribution is -0.909. The quantitative estimate of drug-likeness (QED) is 0.245. The van der Waals surface area contributed by atoms with Crippen LogP contribution in [-0.4, -0.2) is 58.8 Å². The second kappa shape index (κ2) is 13.4. The van der Waals surface area contributed by atoms with Crippen LogP contribution in [0.3, 0.4) is 0 Å². The first-order valence-electron chi connectivity index (χ1n) is 8.91. The van der Waals surface area contributed by atoms with E-state index < -0.39 is 42.0 Å². The van der Waals surface area contributed by atoms with Gasteiger partial charge in [-0.15, -0.1) is 0 Å². The van der Waals surface area contributed by atoms with Gasteiger partial charge in [-0.2, -0.15) is 0 Å². The number of hydrogen-bond acceptors (Lipinski definition) is 4. The zero-order valence-corrected chi connectivity index (χ0v) is 15.1. The van der Waals surface area contributed by atoms with Crippen molar-refractivity contribution in [3.63, 3.8) is 0 Å². The van der Waals surface area contributed by atoms with Crippen molar-refractivity contribution in [2.24, 2.45) is 0 Å². The van der Waals surface area contributed by atoms with Crippen molar-refractivity contribution in [1.82, 2.24) is 0 Å². The summed E-state index contributed by atoms with van der Waals surface area (Å²) in [5.41, 5.74) is 0. The van der Waals surface area contributed by atoms with Gasteiger partial charge in [0.1, 0.15) is 6.54 Å². The maximum absolute atomic E-state index is 11.0. The molecule has 0 saturated carbocycles. The highest BCUT2D eigenvalue weighted by molar-refractivity contribution is 5.72. The molecule has 0 aromatic carbocycles. The largest absolute Gasteiger partial charge is 0.544 e. The number of hydrogen-bond donors (Lipinski definition) is 2. The van der Waals surface area contributed by atoms with Gasteiger partial charge in [-0.25, -0.2) is 9.59 Å². The Bertz CT molecular complexity index is 406. The molecule has 0 aromatic rings. The fourth-order valence-electron chi connectivity index (χ4n) is 3.01. The van der Waals surface area contributed by atoms with Crippen LogP contribution in [0.15, 0.2) is 12.2 Å². The van der Waals surface area contributed by atoms with Crippen LogP contribution in [0.4, 0.5) is 0 Å². The third-order valence-electron chi connectivity index (χ3n) is 4.14. The van der Waals surface area contributed by atoms with Crippen molar-refractivity contribution in [3.05, 3.63) is 12.2 Å². The summed E-state index contributed by atoms with van der Waals surface area (Å²) < 4.78 is -0.504. The third kappa shape index (κ3) is 13.1. The van der Waals surface area contributed by atoms with E-state index in [0.29, 0.717) is 6.42 Å². The molecule has 0 bridgehead atoms. The second-order valence-electron chi connectivity index (χ2n) is 6.53. The zero-order valence-electron chi connectivity index (χ0n) is 15.1. The average Bonchev–Trinajstić information content (AvgIpc) is 2.47. The van der Waals surface area contributed by atoms with Crippen LogP contribution >= 0.6 is 0 Å². The predicted octanol–water partition coefficient (Wildman–Crippen LogP) is 1.42. The van der Waals surface area contributed by atoms with Crippen molar-refractivity contribution in [2.75, 3.05) is 26.2 Å². The highest BCUT2D eigenvalue weighted by Crippen LogP contribution is 2.13. The number of unbranched alkanes of at least 4 members (excludes halogenated alkanes) is 7. The average molecular weight is 357 g/mol. The van der Waals surface area contributed by atoms with Crippen molar-refractivity contribution in [3.8, 4) is 0 Å². The van der Waals surface area contributed by atoms with Gasteiger partial charge in [0.15, 0.2) is 13.1 Å². The molecule has 0 radical (unpaired) electrons. The van der Waals surface area contributed by atoms with E-state index in [-0.39, 0.29) is 6.54 Å². The molecule has 144 valence electrons. The Morgan fingerprint density at radius 1 is 0.840 bits per heavy atom. The Morgan fingerprint density at radius 2 is 1.32 bits per heavy atom. The van der Waals surface area contributed by atoms with E-state index in [0.717, 1.165) is 32.1 Å². The fourth-order valence-corrected chi connectivity index (χ4v) is 3.01. The van der Waals surface area contributed by atoms with Gasteiger partial charge < -0.3 is 24.6 Å². The van der Waals surface area contributed by atoms with E-state index in [9.17, 15) is 19.5 Å². The first-order chi connectivity index (χ1) is 11.8. The summed E-state index contributed by atoms with van der Waals surface area (Å²) in [6.07, 6.45) is 12.3. The number of rotatable bonds is 16. The molecule has 0 aromatic heterocycles. The highest BCUT2D eigenvalue weighted by Gasteiger charge is 2.33. The van der Waals surface area contributed by atoms with Crippen molar-refractivity contribution < 1.29 is 34.2 Å². The molecule has 0 fully saturated rings. The molecular formula is C18H31NO6. The number of allylic oxidation sites excluding steroid dienone is 2. The van der Waals surface area contributed by atoms with E-state index in [2.05, 4.69) is 6.08 Å². The topological polar surface area (TPSA) is 115 Å². The highest BCUT2D eigenvalue weighted by atomic mass is 16.4. The molecule has 0 aliphatic heterocycles. The van der Waals surface area contributed by atoms with Crippen LogP contribution in [0.1, 0.15) is 58.3 Å². The minimum Gasteiger partial charge on any atom is -0.544 e. The summed E-state index contributed by atoms with van der Waals surface area (Å²) in [4.78, 5) is 33.0. The maximum Gasteiger partial charge on any atom is 0.359 e. The molecule has 0 amide bonds. The number of carboxylic acids is 3. The smallest absolute Gasteiger partial charge is 0.359 e. The lowest BCUT2D eigenvalue weighted by Gasteiger charge is -2.36. The molecule has 0 spiro atoms. The van der Waals surface area contributed by atoms with Crippen molar-refractivity contribution in [1.29, 1.82) is 0 Å². The second-order valence-corrected chi connectivity index (χ2v) is 6.53. The van der Waals surface area contributed by atoms with Crippen LogP contribution in [0, 0.1) is 0 Å². The number of aliphatic carboxylic acids is 3. The number of quaternary nitrogens is 1. The molecule has 7 heteroatoms. The monoisotopic (exact) mass is 357 g/mol. The first kappa shape index (κ1) is 23.1. The van der Waals surface area contributed by atoms with Crippen LogP contribution in [0.2, 0.25) is 0 Å². The van der Waals surface area contributed by atoms with E-state index in [1.807, 2.05) is 13.0 Å². The Balaban J connectivity index is 4.26. The molecule has 0 aliphatic rings. The number of nitrogens with zero attached hydrogens (tertiary/aromatic N) is 1. The van der Waals surface area contributed by atoms with Crippen molar-refractivity contribution >= 4 is 17.9 Å². The van der Waals surface area contributed by atoms with E-state index in [1.54, 1.807) is 0 Å². The van der Waals surface area contributed by atoms with E-state index in [4.69, 9.17) is 10.2 Å². The summed E-state index contributed by atoms with van der Waals surface area (Å²) >= 11 is 0. The minimum atomic E-state index is -1.43. The van der Waals surface area contributed by atoms with Gasteiger partial charge in [0.2, 0.25) is 0 Å². The molecule has 0 rings (SSSR count). The van der Waals surface area contributed by atoms with Crippen LogP contribution in [-0.2, 0) is 14.4 Å². The molecule has 0 heterocycles. The lowest BCUT2D eigenvalue weighted by atomic mass is 10.1. The summed E-state index contributed by atoms with van der Waals surface area (Å²) in [6, 6.07) is 0. The molecular weight excluding hydrogens is 326 g/mol. The van der Waals surface area contributed by atoms with Gasteiger partial charge in [0.25, 0.3) is 0 Å². The molecule has 0 unspecified atom stereocenters. The molecule has 0 saturated heterocycles. The first-order valence-corrected chi connectivity index (χ1v) is 8.91. The van der Waals surface area contributed by atoms with Gasteiger partial charge in [0, 0.05) is 0 Å². The fraction of sp³-hybridized carbons (Fsp3) is 0.722. The number of carbonyl (C=O) groups excluding carboxylic acids is 1. The van der Waals surface area contributed by atoms with Crippen LogP contribution in [0.25, 0.3) is 0 Å². The third-order valence-corrected chi connectivity index (χ3v) is 4.14. The summed E-state index contributed by atoms with van der Waals surface area (Å²) in [6.45, 7) is 0.585. The normalized spacial score (nSPS) is 11.7. The van der Waals surface area contributed by atoms with Gasteiger partial charge in [0.05, 0.1) is 12.5 Å². The summed E-state index contributed by atoms with van der Waals surface area (Å²) in [7, 11) is 0. The Labute approximate surface area is 149 Å². The zero-order chi connectivity index (χ0) is 19.1. The van der Waals surface area contributed by atoms with Crippen LogP contribution in [0.5, 0.6) is 0 Å². The molecule has 7 nitrogen and oxygen atoms in total. The lowest BCUT2D eigenvalue weighted by Crippen LogP contribution is -2.59. The van der Waals surface area contributed by atoms with Gasteiger partial charge >= 0.3 is 11.9 Å². The maximum atomic E-state index is 11.0. The van der Waals surface area contributed by atoms with Crippen molar-refractivity contribution in [2.45, 2.75) is 58.3 Å². The standard InChI is InChI=1S/C18H31NO6/c1-2-3-4-5-6-7-8-9-10-11-12-19(13-16(20)21,14-17(22)23)15-18(24)25/h2-3H,4-15H2,1H3,(H2-,20,21,22,23,24,25)/b3-2+. The Hall–Kier alpha value is -1.89. The van der Waals surface area contributed by atoms with Crippen LogP contribution < -0.4 is 5.11 Å². The predicted molar refractivity (Wildman–Crippen MR) is 91.8 cm³/mol. The molecule has 2 N–H and O–H groups in total. The van der Waals surface area contributed by atoms with E-state index in [1.165, 1.54) is 12.8 Å². The van der Waals surface area contributed by atoms with Gasteiger partial charge in [-0.05, 0) is 32.6 Å². The van der Waals surface area contributed by atoms with Gasteiger partial charge in [-0.1, -0.05) is 37.8 Å². The number of carboxylic acid groups (broad SMARTS) is 3. The number of carbonyl (C=O) groups is 3. The molecule has 0 aliphatic carbocycles. The van der Waals surface area contributed by atoms with E-state index >= 15 is 0 Å². The minimum absolute atomic E-state index is 0.216. The SMILES string of the molecule is C/C=C/CCCCCCCCC[N+](CC(=O)[O-])(CC(=O)O)CC(=O)O. The summed E-state index contributed by atoms with van der Waals surface area (Å²) in [5.74, 6) is -3.84. The van der Waals surface area contributed by atoms with Gasteiger partial charge in [-0.3, -0.25) is 0 Å². The summed E-state index contributed by atoms with van der Waals surface area (Å²) in [5, 5.41) is 29.0. The Kier molecular flexibility index (Phi) is 12.4. The molecule has 0 atom stereocenters. The Morgan fingerprint density at radius 3 is 1.76 bits per heavy atom.